The molecule has 0 amide bonds. The first kappa shape index (κ1) is 22.4. The van der Waals surface area contributed by atoms with E-state index in [0.717, 1.165) is 57.5 Å². The summed E-state index contributed by atoms with van der Waals surface area (Å²) in [6, 6.07) is 23.1. The van der Waals surface area contributed by atoms with Crippen molar-refractivity contribution >= 4 is 10.8 Å². The second kappa shape index (κ2) is 10.7. The molecule has 3 aromatic rings. The van der Waals surface area contributed by atoms with Gasteiger partial charge < -0.3 is 20.4 Å². The maximum atomic E-state index is 9.63. The molecule has 5 heteroatoms. The van der Waals surface area contributed by atoms with Crippen molar-refractivity contribution in [2.75, 3.05) is 32.7 Å². The Morgan fingerprint density at radius 3 is 2.28 bits per heavy atom. The Morgan fingerprint density at radius 2 is 1.66 bits per heavy atom. The highest BCUT2D eigenvalue weighted by Gasteiger charge is 2.19. The number of β-amino-alcohol motifs (C(OH)–C–C–N with tert-alkyl or cyclic N) is 2. The number of aliphatic hydroxyl groups excluding tert-OH is 2. The van der Waals surface area contributed by atoms with Gasteiger partial charge in [0.1, 0.15) is 0 Å². The lowest BCUT2D eigenvalue weighted by molar-refractivity contribution is 0.177. The second-order valence-corrected chi connectivity index (χ2v) is 8.73. The van der Waals surface area contributed by atoms with Crippen LogP contribution in [-0.4, -0.2) is 60.0 Å². The van der Waals surface area contributed by atoms with Crippen LogP contribution in [0.25, 0.3) is 21.9 Å². The molecule has 2 saturated heterocycles. The van der Waals surface area contributed by atoms with E-state index in [1.54, 1.807) is 0 Å². The molecular weight excluding hydrogens is 398 g/mol. The monoisotopic (exact) mass is 429 g/mol. The summed E-state index contributed by atoms with van der Waals surface area (Å²) in [4.78, 5) is 2.34. The predicted molar refractivity (Wildman–Crippen MR) is 128 cm³/mol. The first-order valence-corrected chi connectivity index (χ1v) is 11.4. The third-order valence-corrected chi connectivity index (χ3v) is 6.25. The number of nitrogens with zero attached hydrogens (tertiary/aromatic N) is 2. The van der Waals surface area contributed by atoms with Gasteiger partial charge in [0.2, 0.25) is 0 Å². The number of nitriles is 1. The SMILES string of the molecule is N#Cc1ccc(-c2ccc3cc(CCN4CC[C@@H](O)C4)ccc3c2)cc1.O[C@@H]1CCNC1. The Balaban J connectivity index is 0.000000354. The number of hydrogen-bond acceptors (Lipinski definition) is 5. The van der Waals surface area contributed by atoms with E-state index >= 15 is 0 Å². The van der Waals surface area contributed by atoms with Gasteiger partial charge in [-0.3, -0.25) is 0 Å². The molecule has 0 aliphatic carbocycles. The number of fused-ring (bicyclic) bond motifs is 1. The largest absolute Gasteiger partial charge is 0.392 e. The fourth-order valence-electron chi connectivity index (χ4n) is 4.31. The highest BCUT2D eigenvalue weighted by atomic mass is 16.3. The van der Waals surface area contributed by atoms with E-state index in [-0.39, 0.29) is 12.2 Å². The standard InChI is InChI=1S/C23H22N2O.C4H9NO/c24-15-18-2-4-19(5-3-18)21-8-7-20-13-17(1-6-22(20)14-21)9-11-25-12-10-23(26)16-25;6-4-1-2-5-3-4/h1-8,13-14,23,26H,9-12,16H2;4-6H,1-3H2/t23-;4-/m11/s1. The van der Waals surface area contributed by atoms with Crippen molar-refractivity contribution in [1.82, 2.24) is 10.2 Å². The van der Waals surface area contributed by atoms with Gasteiger partial charge in [-0.25, -0.2) is 0 Å². The number of benzene rings is 3. The fraction of sp³-hybridized carbons (Fsp3) is 0.370. The van der Waals surface area contributed by atoms with Crippen LogP contribution in [0, 0.1) is 11.3 Å². The zero-order valence-corrected chi connectivity index (χ0v) is 18.4. The number of aliphatic hydroxyl groups is 2. The molecule has 2 aliphatic heterocycles. The lowest BCUT2D eigenvalue weighted by Crippen LogP contribution is -2.24. The van der Waals surface area contributed by atoms with Crippen molar-refractivity contribution in [1.29, 1.82) is 5.26 Å². The third kappa shape index (κ3) is 5.93. The van der Waals surface area contributed by atoms with Crippen LogP contribution in [-0.2, 0) is 6.42 Å². The molecule has 0 spiro atoms. The first-order valence-electron chi connectivity index (χ1n) is 11.4. The Hall–Kier alpha value is -2.75. The van der Waals surface area contributed by atoms with Gasteiger partial charge >= 0.3 is 0 Å². The normalized spacial score (nSPS) is 20.7. The minimum atomic E-state index is -0.146. The van der Waals surface area contributed by atoms with Crippen LogP contribution in [0.1, 0.15) is 24.0 Å². The molecule has 3 aromatic carbocycles. The minimum Gasteiger partial charge on any atom is -0.392 e. The molecule has 0 bridgehead atoms. The molecule has 2 aliphatic rings. The van der Waals surface area contributed by atoms with Gasteiger partial charge in [-0.05, 0) is 71.5 Å². The molecule has 0 radical (unpaired) electrons. The lowest BCUT2D eigenvalue weighted by atomic mass is 9.98. The van der Waals surface area contributed by atoms with Crippen LogP contribution < -0.4 is 5.32 Å². The van der Waals surface area contributed by atoms with Crippen molar-refractivity contribution in [3.05, 3.63) is 71.8 Å². The predicted octanol–water partition coefficient (Wildman–Crippen LogP) is 3.33. The lowest BCUT2D eigenvalue weighted by Gasteiger charge is -2.15. The summed E-state index contributed by atoms with van der Waals surface area (Å²) in [5.74, 6) is 0. The maximum Gasteiger partial charge on any atom is 0.0991 e. The van der Waals surface area contributed by atoms with Crippen LogP contribution >= 0.6 is 0 Å². The van der Waals surface area contributed by atoms with E-state index in [2.05, 4.69) is 52.7 Å². The molecule has 5 rings (SSSR count). The maximum absolute atomic E-state index is 9.63. The van der Waals surface area contributed by atoms with E-state index < -0.39 is 0 Å². The van der Waals surface area contributed by atoms with Gasteiger partial charge in [-0.1, -0.05) is 42.5 Å². The molecule has 0 aromatic heterocycles. The van der Waals surface area contributed by atoms with E-state index in [4.69, 9.17) is 10.4 Å². The molecule has 0 saturated carbocycles. The van der Waals surface area contributed by atoms with E-state index in [1.165, 1.54) is 21.9 Å². The van der Waals surface area contributed by atoms with Crippen LogP contribution in [0.5, 0.6) is 0 Å². The van der Waals surface area contributed by atoms with Gasteiger partial charge in [-0.2, -0.15) is 5.26 Å². The number of nitrogens with one attached hydrogen (secondary N) is 1. The molecule has 166 valence electrons. The van der Waals surface area contributed by atoms with Crippen LogP contribution in [0.4, 0.5) is 0 Å². The summed E-state index contributed by atoms with van der Waals surface area (Å²) in [5, 5.41) is 32.7. The van der Waals surface area contributed by atoms with Crippen LogP contribution in [0.15, 0.2) is 60.7 Å². The van der Waals surface area contributed by atoms with Gasteiger partial charge in [0.25, 0.3) is 0 Å². The summed E-state index contributed by atoms with van der Waals surface area (Å²) in [7, 11) is 0. The van der Waals surface area contributed by atoms with E-state index in [1.807, 2.05) is 24.3 Å². The van der Waals surface area contributed by atoms with Crippen molar-refractivity contribution in [2.45, 2.75) is 31.5 Å². The number of likely N-dealkylation sites (tertiary alicyclic amines) is 1. The molecule has 5 nitrogen and oxygen atoms in total. The molecule has 0 unspecified atom stereocenters. The number of rotatable bonds is 4. The highest BCUT2D eigenvalue weighted by Crippen LogP contribution is 2.26. The summed E-state index contributed by atoms with van der Waals surface area (Å²) >= 11 is 0. The van der Waals surface area contributed by atoms with Crippen molar-refractivity contribution in [3.63, 3.8) is 0 Å². The van der Waals surface area contributed by atoms with E-state index in [9.17, 15) is 5.11 Å². The summed E-state index contributed by atoms with van der Waals surface area (Å²) < 4.78 is 0. The van der Waals surface area contributed by atoms with Crippen LogP contribution in [0.3, 0.4) is 0 Å². The van der Waals surface area contributed by atoms with Gasteiger partial charge in [0, 0.05) is 26.2 Å². The first-order chi connectivity index (χ1) is 15.6. The quantitative estimate of drug-likeness (QED) is 0.593. The second-order valence-electron chi connectivity index (χ2n) is 8.73. The minimum absolute atomic E-state index is 0.0648. The Morgan fingerprint density at radius 1 is 0.906 bits per heavy atom. The molecular formula is C27H31N3O2. The zero-order chi connectivity index (χ0) is 22.3. The van der Waals surface area contributed by atoms with E-state index in [0.29, 0.717) is 5.56 Å². The topological polar surface area (TPSA) is 79.5 Å². The van der Waals surface area contributed by atoms with Gasteiger partial charge in [-0.15, -0.1) is 0 Å². The van der Waals surface area contributed by atoms with Crippen molar-refractivity contribution < 1.29 is 10.2 Å². The average Bonchev–Trinajstić information content (AvgIpc) is 3.48. The highest BCUT2D eigenvalue weighted by molar-refractivity contribution is 5.87. The fourth-order valence-corrected chi connectivity index (χ4v) is 4.31. The molecule has 32 heavy (non-hydrogen) atoms. The molecule has 2 heterocycles. The van der Waals surface area contributed by atoms with Crippen LogP contribution in [0.2, 0.25) is 0 Å². The molecule has 2 fully saturated rings. The summed E-state index contributed by atoms with van der Waals surface area (Å²) in [5.41, 5.74) is 4.32. The molecule has 3 N–H and O–H groups in total. The number of hydrogen-bond donors (Lipinski definition) is 3. The Labute approximate surface area is 189 Å². The summed E-state index contributed by atoms with van der Waals surface area (Å²) in [6.07, 6.45) is 2.63. The Bertz CT molecular complexity index is 1070. The summed E-state index contributed by atoms with van der Waals surface area (Å²) in [6.45, 7) is 4.59. The average molecular weight is 430 g/mol. The zero-order valence-electron chi connectivity index (χ0n) is 18.4. The smallest absolute Gasteiger partial charge is 0.0991 e. The van der Waals surface area contributed by atoms with Gasteiger partial charge in [0.05, 0.1) is 23.8 Å². The van der Waals surface area contributed by atoms with Crippen molar-refractivity contribution in [3.8, 4) is 17.2 Å². The third-order valence-electron chi connectivity index (χ3n) is 6.25. The van der Waals surface area contributed by atoms with Gasteiger partial charge in [0.15, 0.2) is 0 Å². The van der Waals surface area contributed by atoms with Crippen molar-refractivity contribution in [2.24, 2.45) is 0 Å². The Kier molecular flexibility index (Phi) is 7.51. The molecule has 2 atom stereocenters.